The minimum absolute atomic E-state index is 0. The second kappa shape index (κ2) is 12.8. The van der Waals surface area contributed by atoms with Gasteiger partial charge in [-0.3, -0.25) is 4.79 Å². The molecule has 1 atom stereocenters. The number of aromatic nitrogens is 4. The molecule has 0 spiro atoms. The molecule has 1 heterocycles. The summed E-state index contributed by atoms with van der Waals surface area (Å²) in [5, 5.41) is 31.3. The summed E-state index contributed by atoms with van der Waals surface area (Å²) in [5.41, 5.74) is 7.08. The molecule has 0 bridgehead atoms. The average Bonchev–Trinajstić information content (AvgIpc) is 3.08. The van der Waals surface area contributed by atoms with Crippen LogP contribution in [0.2, 0.25) is 0 Å². The van der Waals surface area contributed by atoms with E-state index >= 15 is 0 Å². The maximum Gasteiger partial charge on any atom is 0.633 e. The number of rotatable bonds is 11. The van der Waals surface area contributed by atoms with E-state index < -0.39 is 13.4 Å². The van der Waals surface area contributed by atoms with Crippen molar-refractivity contribution >= 4 is 41.6 Å². The number of carbonyl (C=O) groups excluding carboxylic acids is 1. The van der Waals surface area contributed by atoms with Gasteiger partial charge in [0.25, 0.3) is 0 Å². The number of nitrogens with one attached hydrogen (secondary N) is 1. The van der Waals surface area contributed by atoms with Crippen LogP contribution < -0.4 is 11.1 Å². The molecule has 2 aromatic rings. The number of nitrogens with two attached hydrogens (primary N) is 1. The molecule has 0 aliphatic carbocycles. The molecule has 0 aliphatic rings. The maximum atomic E-state index is 12.1. The Morgan fingerprint density at radius 3 is 2.71 bits per heavy atom. The van der Waals surface area contributed by atoms with E-state index in [-0.39, 0.29) is 31.5 Å². The molecule has 154 valence electrons. The molecule has 1 amide bonds. The van der Waals surface area contributed by atoms with Crippen LogP contribution in [0.4, 0.5) is 0 Å². The molecule has 5 N–H and O–H groups in total. The molecule has 1 aromatic heterocycles. The Bertz CT molecular complexity index is 721. The molecule has 10 nitrogen and oxygen atoms in total. The van der Waals surface area contributed by atoms with Gasteiger partial charge in [-0.1, -0.05) is 28.1 Å². The first kappa shape index (κ1) is 24.5. The second-order valence-electron chi connectivity index (χ2n) is 5.90. The number of carbonyl (C=O) groups is 1. The highest BCUT2D eigenvalue weighted by atomic mass is 79.9. The largest absolute Gasteiger partial charge is 0.633 e. The van der Waals surface area contributed by atoms with Crippen molar-refractivity contribution in [2.45, 2.75) is 38.4 Å². The fraction of sp³-hybridized carbons (Fsp3) is 0.467. The molecule has 13 heteroatoms. The number of tetrazole rings is 1. The van der Waals surface area contributed by atoms with Crippen molar-refractivity contribution < 1.29 is 19.5 Å². The van der Waals surface area contributed by atoms with Gasteiger partial charge in [0.2, 0.25) is 5.91 Å². The Balaban J connectivity index is 0.00000392. The molecular formula is C15H23BBrClN6O4. The Hall–Kier alpha value is -1.57. The van der Waals surface area contributed by atoms with Crippen LogP contribution in [-0.2, 0) is 22.5 Å². The summed E-state index contributed by atoms with van der Waals surface area (Å²) in [6.45, 7) is 0.604. The third-order valence-corrected chi connectivity index (χ3v) is 4.29. The summed E-state index contributed by atoms with van der Waals surface area (Å²) in [7, 11) is -1.76. The summed E-state index contributed by atoms with van der Waals surface area (Å²) in [6.07, 6.45) is 1.88. The van der Waals surface area contributed by atoms with Crippen molar-refractivity contribution in [2.75, 3.05) is 6.61 Å². The number of hydrogen-bond acceptors (Lipinski definition) is 8. The van der Waals surface area contributed by atoms with Gasteiger partial charge in [-0.15, -0.1) is 17.5 Å². The predicted octanol–water partition coefficient (Wildman–Crippen LogP) is 0.330. The maximum absolute atomic E-state index is 12.1. The number of nitrogens with zero attached hydrogens (tertiary/aromatic N) is 4. The third-order valence-electron chi connectivity index (χ3n) is 3.76. The quantitative estimate of drug-likeness (QED) is 0.267. The van der Waals surface area contributed by atoms with Crippen molar-refractivity contribution in [2.24, 2.45) is 5.73 Å². The lowest BCUT2D eigenvalue weighted by Crippen LogP contribution is -2.29. The van der Waals surface area contributed by atoms with Gasteiger partial charge in [-0.05, 0) is 47.4 Å². The van der Waals surface area contributed by atoms with Gasteiger partial charge in [0.1, 0.15) is 6.54 Å². The Labute approximate surface area is 177 Å². The van der Waals surface area contributed by atoms with E-state index in [0.29, 0.717) is 31.6 Å². The van der Waals surface area contributed by atoms with Gasteiger partial charge in [0, 0.05) is 17.6 Å². The van der Waals surface area contributed by atoms with E-state index in [1.54, 1.807) is 0 Å². The van der Waals surface area contributed by atoms with Crippen molar-refractivity contribution in [1.29, 1.82) is 0 Å². The smallest absolute Gasteiger partial charge is 0.402 e. The van der Waals surface area contributed by atoms with Crippen molar-refractivity contribution in [3.63, 3.8) is 0 Å². The summed E-state index contributed by atoms with van der Waals surface area (Å²) < 4.78 is 6.99. The summed E-state index contributed by atoms with van der Waals surface area (Å²) >= 11 is 3.37. The molecule has 28 heavy (non-hydrogen) atoms. The first-order valence-electron chi connectivity index (χ1n) is 8.46. The summed E-state index contributed by atoms with van der Waals surface area (Å²) in [5.74, 6) is 0.209. The zero-order valence-corrected chi connectivity index (χ0v) is 17.5. The number of hydrogen-bond donors (Lipinski definition) is 4. The zero-order chi connectivity index (χ0) is 19.6. The first-order chi connectivity index (χ1) is 13.0. The predicted molar refractivity (Wildman–Crippen MR) is 108 cm³/mol. The van der Waals surface area contributed by atoms with Gasteiger partial charge >= 0.3 is 7.32 Å². The van der Waals surface area contributed by atoms with E-state index in [0.717, 1.165) is 10.0 Å². The van der Waals surface area contributed by atoms with Crippen LogP contribution in [0.15, 0.2) is 28.7 Å². The molecular weight excluding hydrogens is 454 g/mol. The lowest BCUT2D eigenvalue weighted by molar-refractivity contribution is -0.122. The molecule has 0 saturated heterocycles. The van der Waals surface area contributed by atoms with Crippen LogP contribution in [0, 0.1) is 0 Å². The molecule has 1 unspecified atom stereocenters. The van der Waals surface area contributed by atoms with Crippen LogP contribution >= 0.6 is 28.3 Å². The number of halogens is 2. The topological polar surface area (TPSA) is 148 Å². The number of benzene rings is 1. The minimum atomic E-state index is -1.76. The molecule has 0 aliphatic heterocycles. The standard InChI is InChI=1S/C15H22BBrN6O4.ClH/c17-12-6-4-11(5-7-12)9-19-14(24)10-23-15(20-21-22-23)13(18)3-1-2-8-27-16(25)26;/h4-7,13,25-26H,1-3,8-10,18H2,(H,19,24);1H. The van der Waals surface area contributed by atoms with E-state index in [4.69, 9.17) is 15.8 Å². The van der Waals surface area contributed by atoms with E-state index in [1.165, 1.54) is 4.68 Å². The van der Waals surface area contributed by atoms with Crippen molar-refractivity contribution in [1.82, 2.24) is 25.5 Å². The normalized spacial score (nSPS) is 11.6. The van der Waals surface area contributed by atoms with E-state index in [9.17, 15) is 4.79 Å². The number of unbranched alkanes of at least 4 members (excludes halogenated alkanes) is 1. The highest BCUT2D eigenvalue weighted by Crippen LogP contribution is 2.14. The monoisotopic (exact) mass is 476 g/mol. The fourth-order valence-corrected chi connectivity index (χ4v) is 2.63. The van der Waals surface area contributed by atoms with E-state index in [1.807, 2.05) is 24.3 Å². The van der Waals surface area contributed by atoms with Crippen LogP contribution in [-0.4, -0.2) is 50.1 Å². The van der Waals surface area contributed by atoms with Gasteiger partial charge < -0.3 is 25.8 Å². The lowest BCUT2D eigenvalue weighted by atomic mass is 10.1. The first-order valence-corrected chi connectivity index (χ1v) is 9.25. The average molecular weight is 478 g/mol. The zero-order valence-electron chi connectivity index (χ0n) is 15.1. The van der Waals surface area contributed by atoms with Crippen molar-refractivity contribution in [3.8, 4) is 0 Å². The minimum Gasteiger partial charge on any atom is -0.402 e. The third kappa shape index (κ3) is 8.63. The van der Waals surface area contributed by atoms with Crippen LogP contribution in [0.3, 0.4) is 0 Å². The lowest BCUT2D eigenvalue weighted by Gasteiger charge is -2.12. The molecule has 0 radical (unpaired) electrons. The highest BCUT2D eigenvalue weighted by Gasteiger charge is 2.17. The fourth-order valence-electron chi connectivity index (χ4n) is 2.37. The summed E-state index contributed by atoms with van der Waals surface area (Å²) in [4.78, 5) is 12.1. The molecule has 2 rings (SSSR count). The van der Waals surface area contributed by atoms with Gasteiger partial charge in [0.15, 0.2) is 5.82 Å². The van der Waals surface area contributed by atoms with Crippen LogP contribution in [0.1, 0.15) is 36.7 Å². The van der Waals surface area contributed by atoms with Gasteiger partial charge in [-0.2, -0.15) is 0 Å². The van der Waals surface area contributed by atoms with E-state index in [2.05, 4.69) is 41.4 Å². The Morgan fingerprint density at radius 1 is 1.32 bits per heavy atom. The van der Waals surface area contributed by atoms with Crippen LogP contribution in [0.25, 0.3) is 0 Å². The van der Waals surface area contributed by atoms with Gasteiger partial charge in [0.05, 0.1) is 6.04 Å². The Kier molecular flexibility index (Phi) is 11.2. The van der Waals surface area contributed by atoms with Crippen molar-refractivity contribution in [3.05, 3.63) is 40.1 Å². The number of amides is 1. The second-order valence-corrected chi connectivity index (χ2v) is 6.81. The molecule has 0 fully saturated rings. The van der Waals surface area contributed by atoms with Crippen LogP contribution in [0.5, 0.6) is 0 Å². The van der Waals surface area contributed by atoms with Gasteiger partial charge in [-0.25, -0.2) is 4.68 Å². The molecule has 0 saturated carbocycles. The summed E-state index contributed by atoms with van der Waals surface area (Å²) in [6, 6.07) is 7.22. The highest BCUT2D eigenvalue weighted by molar-refractivity contribution is 9.10. The molecule has 1 aromatic carbocycles. The Morgan fingerprint density at radius 2 is 2.04 bits per heavy atom. The SMILES string of the molecule is Cl.NC(CCCCOB(O)O)c1nnnn1CC(=O)NCc1ccc(Br)cc1.